The van der Waals surface area contributed by atoms with Gasteiger partial charge in [-0.05, 0) is 61.2 Å². The summed E-state index contributed by atoms with van der Waals surface area (Å²) in [6, 6.07) is 12.0. The van der Waals surface area contributed by atoms with Gasteiger partial charge in [-0.1, -0.05) is 12.1 Å². The molecule has 1 saturated carbocycles. The first-order valence-corrected chi connectivity index (χ1v) is 9.92. The highest BCUT2D eigenvalue weighted by molar-refractivity contribution is 6.06. The summed E-state index contributed by atoms with van der Waals surface area (Å²) >= 11 is 0. The molecular formula is C23H24FN3O2. The van der Waals surface area contributed by atoms with Crippen molar-refractivity contribution in [2.45, 2.75) is 25.3 Å². The van der Waals surface area contributed by atoms with Gasteiger partial charge in [0.1, 0.15) is 5.82 Å². The highest BCUT2D eigenvalue weighted by atomic mass is 19.1. The smallest absolute Gasteiger partial charge is 0.251 e. The molecule has 0 spiro atoms. The number of hydrogen-bond acceptors (Lipinski definition) is 3. The van der Waals surface area contributed by atoms with E-state index in [-0.39, 0.29) is 17.6 Å². The number of nitrogens with one attached hydrogen (secondary N) is 1. The highest BCUT2D eigenvalue weighted by Gasteiger charge is 2.24. The third kappa shape index (κ3) is 4.47. The van der Waals surface area contributed by atoms with Gasteiger partial charge in [-0.2, -0.15) is 0 Å². The molecule has 5 nitrogen and oxygen atoms in total. The van der Waals surface area contributed by atoms with E-state index in [4.69, 9.17) is 0 Å². The zero-order chi connectivity index (χ0) is 20.4. The molecule has 29 heavy (non-hydrogen) atoms. The Balaban J connectivity index is 1.48. The molecule has 2 amide bonds. The van der Waals surface area contributed by atoms with Crippen LogP contribution in [-0.2, 0) is 4.79 Å². The molecule has 150 valence electrons. The minimum atomic E-state index is -0.360. The summed E-state index contributed by atoms with van der Waals surface area (Å²) in [5.41, 5.74) is 2.87. The van der Waals surface area contributed by atoms with Crippen molar-refractivity contribution < 1.29 is 14.0 Å². The predicted octanol–water partition coefficient (Wildman–Crippen LogP) is 3.60. The number of fused-ring (bicyclic) bond motifs is 1. The van der Waals surface area contributed by atoms with E-state index in [1.807, 2.05) is 24.1 Å². The molecule has 6 heteroatoms. The van der Waals surface area contributed by atoms with Gasteiger partial charge in [-0.3, -0.25) is 9.59 Å². The molecule has 0 atom stereocenters. The van der Waals surface area contributed by atoms with Crippen LogP contribution in [0.1, 0.15) is 35.2 Å². The summed E-state index contributed by atoms with van der Waals surface area (Å²) in [4.78, 5) is 28.6. The Morgan fingerprint density at radius 1 is 1.07 bits per heavy atom. The van der Waals surface area contributed by atoms with Gasteiger partial charge in [0, 0.05) is 37.8 Å². The summed E-state index contributed by atoms with van der Waals surface area (Å²) < 4.78 is 13.8. The van der Waals surface area contributed by atoms with Crippen molar-refractivity contribution in [1.29, 1.82) is 0 Å². The van der Waals surface area contributed by atoms with Gasteiger partial charge in [0.05, 0.1) is 11.4 Å². The van der Waals surface area contributed by atoms with E-state index in [1.54, 1.807) is 29.2 Å². The minimum Gasteiger partial charge on any atom is -0.373 e. The molecule has 2 aliphatic rings. The molecule has 0 radical (unpaired) electrons. The molecule has 0 bridgehead atoms. The van der Waals surface area contributed by atoms with Gasteiger partial charge >= 0.3 is 0 Å². The first-order valence-electron chi connectivity index (χ1n) is 9.92. The van der Waals surface area contributed by atoms with Gasteiger partial charge < -0.3 is 15.1 Å². The number of nitrogens with zero attached hydrogens (tertiary/aromatic N) is 2. The molecule has 2 aromatic carbocycles. The van der Waals surface area contributed by atoms with Crippen LogP contribution in [0.25, 0.3) is 6.08 Å². The average Bonchev–Trinajstić information content (AvgIpc) is 3.54. The molecule has 4 rings (SSSR count). The Bertz CT molecular complexity index is 951. The molecule has 0 unspecified atom stereocenters. The molecule has 1 fully saturated rings. The van der Waals surface area contributed by atoms with Crippen molar-refractivity contribution in [3.05, 3.63) is 65.5 Å². The monoisotopic (exact) mass is 393 g/mol. The third-order valence-electron chi connectivity index (χ3n) is 5.28. The molecule has 1 aliphatic carbocycles. The SMILES string of the molecule is CN1CCCN(C(=O)/C=C/c2ccc(C(=O)NC3CC3)cc2)c2cc(F)ccc21. The fourth-order valence-corrected chi connectivity index (χ4v) is 3.47. The summed E-state index contributed by atoms with van der Waals surface area (Å²) in [5, 5.41) is 2.95. The van der Waals surface area contributed by atoms with E-state index in [0.29, 0.717) is 23.8 Å². The van der Waals surface area contributed by atoms with Crippen molar-refractivity contribution in [2.24, 2.45) is 0 Å². The molecular weight excluding hydrogens is 369 g/mol. The average molecular weight is 393 g/mol. The highest BCUT2D eigenvalue weighted by Crippen LogP contribution is 2.32. The van der Waals surface area contributed by atoms with Crippen LogP contribution in [-0.4, -0.2) is 38.0 Å². The Kier molecular flexibility index (Phi) is 5.34. The van der Waals surface area contributed by atoms with Crippen LogP contribution in [0.2, 0.25) is 0 Å². The van der Waals surface area contributed by atoms with Gasteiger partial charge in [-0.25, -0.2) is 4.39 Å². The van der Waals surface area contributed by atoms with Gasteiger partial charge in [0.2, 0.25) is 0 Å². The quantitative estimate of drug-likeness (QED) is 0.808. The Hall–Kier alpha value is -3.15. The van der Waals surface area contributed by atoms with E-state index in [2.05, 4.69) is 5.32 Å². The van der Waals surface area contributed by atoms with Gasteiger partial charge in [0.15, 0.2) is 0 Å². The predicted molar refractivity (Wildman–Crippen MR) is 113 cm³/mol. The molecule has 2 aromatic rings. The lowest BCUT2D eigenvalue weighted by molar-refractivity contribution is -0.114. The lowest BCUT2D eigenvalue weighted by Crippen LogP contribution is -2.29. The number of rotatable bonds is 4. The summed E-state index contributed by atoms with van der Waals surface area (Å²) in [5.74, 6) is -0.616. The van der Waals surface area contributed by atoms with Crippen LogP contribution >= 0.6 is 0 Å². The fraction of sp³-hybridized carbons (Fsp3) is 0.304. The second kappa shape index (κ2) is 8.07. The lowest BCUT2D eigenvalue weighted by Gasteiger charge is -2.23. The Labute approximate surface area is 169 Å². The second-order valence-corrected chi connectivity index (χ2v) is 7.60. The molecule has 0 aromatic heterocycles. The standard InChI is InChI=1S/C23H24FN3O2/c1-26-13-2-14-27(21-15-18(24)8-11-20(21)26)22(28)12-5-16-3-6-17(7-4-16)23(29)25-19-9-10-19/h3-8,11-12,15,19H,2,9-10,13-14H2,1H3,(H,25,29)/b12-5+. The minimum absolute atomic E-state index is 0.0635. The number of anilines is 2. The van der Waals surface area contributed by atoms with Crippen LogP contribution in [0.5, 0.6) is 0 Å². The number of carbonyl (C=O) groups is 2. The van der Waals surface area contributed by atoms with Crippen molar-refractivity contribution in [1.82, 2.24) is 5.32 Å². The molecule has 0 saturated heterocycles. The first-order chi connectivity index (χ1) is 14.0. The van der Waals surface area contributed by atoms with E-state index in [1.165, 1.54) is 18.2 Å². The number of benzene rings is 2. The number of halogens is 1. The first kappa shape index (κ1) is 19.2. The second-order valence-electron chi connectivity index (χ2n) is 7.60. The normalized spacial score (nSPS) is 16.5. The maximum atomic E-state index is 13.8. The zero-order valence-electron chi connectivity index (χ0n) is 16.4. The molecule has 1 heterocycles. The van der Waals surface area contributed by atoms with E-state index >= 15 is 0 Å². The zero-order valence-corrected chi connectivity index (χ0v) is 16.4. The van der Waals surface area contributed by atoms with E-state index in [0.717, 1.165) is 37.1 Å². The van der Waals surface area contributed by atoms with E-state index < -0.39 is 0 Å². The van der Waals surface area contributed by atoms with Gasteiger partial charge in [0.25, 0.3) is 11.8 Å². The van der Waals surface area contributed by atoms with Crippen LogP contribution in [0.15, 0.2) is 48.5 Å². The van der Waals surface area contributed by atoms with Crippen LogP contribution in [0, 0.1) is 5.82 Å². The summed E-state index contributed by atoms with van der Waals surface area (Å²) in [7, 11) is 1.95. The van der Waals surface area contributed by atoms with E-state index in [9.17, 15) is 14.0 Å². The molecule has 1 aliphatic heterocycles. The van der Waals surface area contributed by atoms with Crippen LogP contribution in [0.3, 0.4) is 0 Å². The van der Waals surface area contributed by atoms with Crippen LogP contribution in [0.4, 0.5) is 15.8 Å². The Morgan fingerprint density at radius 3 is 2.55 bits per heavy atom. The number of hydrogen-bond donors (Lipinski definition) is 1. The number of carbonyl (C=O) groups excluding carboxylic acids is 2. The Morgan fingerprint density at radius 2 is 1.83 bits per heavy atom. The topological polar surface area (TPSA) is 52.7 Å². The van der Waals surface area contributed by atoms with Crippen molar-refractivity contribution >= 4 is 29.3 Å². The summed E-state index contributed by atoms with van der Waals surface area (Å²) in [6.07, 6.45) is 6.12. The maximum absolute atomic E-state index is 13.8. The van der Waals surface area contributed by atoms with Crippen LogP contribution < -0.4 is 15.1 Å². The summed E-state index contributed by atoms with van der Waals surface area (Å²) in [6.45, 7) is 1.33. The van der Waals surface area contributed by atoms with Crippen molar-refractivity contribution in [3.63, 3.8) is 0 Å². The van der Waals surface area contributed by atoms with Crippen molar-refractivity contribution in [3.8, 4) is 0 Å². The lowest BCUT2D eigenvalue weighted by atomic mass is 10.1. The maximum Gasteiger partial charge on any atom is 0.251 e. The molecule has 1 N–H and O–H groups in total. The van der Waals surface area contributed by atoms with Gasteiger partial charge in [-0.15, -0.1) is 0 Å². The van der Waals surface area contributed by atoms with Crippen molar-refractivity contribution in [2.75, 3.05) is 29.9 Å². The number of amides is 2. The fourth-order valence-electron chi connectivity index (χ4n) is 3.47. The largest absolute Gasteiger partial charge is 0.373 e. The third-order valence-corrected chi connectivity index (χ3v) is 5.28.